The van der Waals surface area contributed by atoms with Gasteiger partial charge in [-0.25, -0.2) is 9.59 Å². The van der Waals surface area contributed by atoms with Crippen LogP contribution in [0.2, 0.25) is 0 Å². The number of unbranched alkanes of at least 4 members (excludes halogenated alkanes) is 7. The summed E-state index contributed by atoms with van der Waals surface area (Å²) in [5.74, 6) is -6.59. The van der Waals surface area contributed by atoms with Gasteiger partial charge in [0, 0.05) is 19.3 Å². The van der Waals surface area contributed by atoms with E-state index in [2.05, 4.69) is 26.1 Å². The molecule has 0 aliphatic carbocycles. The zero-order valence-electron chi connectivity index (χ0n) is 27.5. The van der Waals surface area contributed by atoms with Crippen LogP contribution >= 0.6 is 0 Å². The molecular weight excluding hydrogens is 594 g/mol. The van der Waals surface area contributed by atoms with Crippen molar-refractivity contribution in [1.82, 2.24) is 5.32 Å². The van der Waals surface area contributed by atoms with Crippen molar-refractivity contribution < 1.29 is 49.1 Å². The highest BCUT2D eigenvalue weighted by Gasteiger charge is 2.49. The van der Waals surface area contributed by atoms with Crippen molar-refractivity contribution >= 4 is 29.6 Å². The number of rotatable bonds is 26. The molecule has 1 aromatic carbocycles. The Balaban J connectivity index is 2.86. The van der Waals surface area contributed by atoms with E-state index in [-0.39, 0.29) is 12.2 Å². The molecule has 11 heteroatoms. The topological polar surface area (TPSA) is 188 Å². The molecule has 5 N–H and O–H groups in total. The maximum atomic E-state index is 13.3. The van der Waals surface area contributed by atoms with Crippen LogP contribution in [0.3, 0.4) is 0 Å². The van der Waals surface area contributed by atoms with Gasteiger partial charge in [-0.15, -0.1) is 0 Å². The Morgan fingerprint density at radius 2 is 1.50 bits per heavy atom. The zero-order chi connectivity index (χ0) is 34.5. The smallest absolute Gasteiger partial charge is 0.337 e. The minimum Gasteiger partial charge on any atom is -0.494 e. The molecule has 0 bridgehead atoms. The number of carboxylic acids is 3. The number of ketones is 1. The van der Waals surface area contributed by atoms with Gasteiger partial charge in [0.1, 0.15) is 17.6 Å². The van der Waals surface area contributed by atoms with E-state index in [1.54, 1.807) is 24.3 Å². The molecule has 0 unspecified atom stereocenters. The fourth-order valence-corrected chi connectivity index (χ4v) is 4.89. The van der Waals surface area contributed by atoms with E-state index in [0.29, 0.717) is 49.5 Å². The molecule has 0 spiro atoms. The zero-order valence-corrected chi connectivity index (χ0v) is 27.5. The van der Waals surface area contributed by atoms with Crippen LogP contribution in [-0.2, 0) is 30.4 Å². The number of carboxylic acid groups (broad SMARTS) is 3. The van der Waals surface area contributed by atoms with E-state index < -0.39 is 47.8 Å². The summed E-state index contributed by atoms with van der Waals surface area (Å²) in [6, 6.07) is 5.21. The number of aliphatic carboxylic acids is 3. The van der Waals surface area contributed by atoms with Crippen molar-refractivity contribution in [3.63, 3.8) is 0 Å². The third kappa shape index (κ3) is 16.0. The molecule has 258 valence electrons. The van der Waals surface area contributed by atoms with Crippen molar-refractivity contribution in [2.45, 2.75) is 122 Å². The molecule has 1 rings (SSSR count). The highest BCUT2D eigenvalue weighted by Crippen LogP contribution is 2.26. The number of carbonyl (C=O) groups is 5. The fraction of sp³-hybridized carbons (Fsp3) is 0.629. The quantitative estimate of drug-likeness (QED) is 0.0629. The van der Waals surface area contributed by atoms with E-state index in [4.69, 9.17) is 4.74 Å². The Labute approximate surface area is 272 Å². The van der Waals surface area contributed by atoms with Gasteiger partial charge < -0.3 is 30.5 Å². The lowest BCUT2D eigenvalue weighted by molar-refractivity contribution is -0.172. The number of allylic oxidation sites excluding steroid dienone is 1. The Bertz CT molecular complexity index is 1130. The van der Waals surface area contributed by atoms with Gasteiger partial charge in [-0.3, -0.25) is 14.4 Å². The molecule has 11 nitrogen and oxygen atoms in total. The molecule has 1 aromatic rings. The largest absolute Gasteiger partial charge is 0.494 e. The normalized spacial score (nSPS) is 14.0. The summed E-state index contributed by atoms with van der Waals surface area (Å²) in [6.45, 7) is 6.81. The Kier molecular flexibility index (Phi) is 19.2. The summed E-state index contributed by atoms with van der Waals surface area (Å²) in [5, 5.41) is 42.0. The number of ether oxygens (including phenoxy) is 1. The first-order valence-electron chi connectivity index (χ1n) is 16.4. The second-order valence-electron chi connectivity index (χ2n) is 12.3. The van der Waals surface area contributed by atoms with Gasteiger partial charge in [-0.2, -0.15) is 0 Å². The molecule has 3 atom stereocenters. The van der Waals surface area contributed by atoms with E-state index >= 15 is 0 Å². The fourth-order valence-electron chi connectivity index (χ4n) is 4.89. The average Bonchev–Trinajstić information content (AvgIpc) is 2.98. The number of benzene rings is 1. The minimum atomic E-state index is -3.01. The molecule has 0 aliphatic rings. The predicted octanol–water partition coefficient (Wildman–Crippen LogP) is 5.57. The SMILES string of the molecule is CCCCCCC(=O)CCCCCC/C=C/[C@@H](C(=O)N[C@@H](Cc1ccc(OCCC(C)C)cc1)C(=O)O)[C@@](O)(CC(=O)O)C(=O)O. The van der Waals surface area contributed by atoms with Crippen LogP contribution in [0.1, 0.15) is 110 Å². The number of Topliss-reactive ketones (excluding diaryl/α,β-unsaturated/α-hetero) is 1. The predicted molar refractivity (Wildman–Crippen MR) is 174 cm³/mol. The highest BCUT2D eigenvalue weighted by atomic mass is 16.5. The molecule has 0 saturated heterocycles. The van der Waals surface area contributed by atoms with Gasteiger partial charge in [0.2, 0.25) is 5.91 Å². The summed E-state index contributed by atoms with van der Waals surface area (Å²) in [4.78, 5) is 60.8. The van der Waals surface area contributed by atoms with Crippen LogP contribution in [0.4, 0.5) is 0 Å². The standard InChI is InChI=1S/C35H53NO10/c1-4-5-6-11-14-27(37)15-12-9-7-8-10-13-16-29(35(45,34(43)44)24-31(38)39)32(40)36-30(33(41)42)23-26-17-19-28(20-18-26)46-22-21-25(2)3/h13,16-20,25,29-30,45H,4-12,14-15,21-24H2,1-3H3,(H,36,40)(H,38,39)(H,41,42)(H,43,44)/b16-13+/t29-,30-,35-/m0/s1. The van der Waals surface area contributed by atoms with Gasteiger partial charge in [0.15, 0.2) is 5.60 Å². The monoisotopic (exact) mass is 647 g/mol. The van der Waals surface area contributed by atoms with E-state index in [1.807, 2.05) is 0 Å². The van der Waals surface area contributed by atoms with Crippen LogP contribution in [0, 0.1) is 11.8 Å². The Morgan fingerprint density at radius 3 is 2.04 bits per heavy atom. The highest BCUT2D eigenvalue weighted by molar-refractivity contribution is 5.94. The number of carbonyl (C=O) groups excluding carboxylic acids is 2. The number of nitrogens with one attached hydrogen (secondary N) is 1. The van der Waals surface area contributed by atoms with Crippen molar-refractivity contribution in [1.29, 1.82) is 0 Å². The molecule has 0 aliphatic heterocycles. The third-order valence-electron chi connectivity index (χ3n) is 7.74. The summed E-state index contributed by atoms with van der Waals surface area (Å²) >= 11 is 0. The summed E-state index contributed by atoms with van der Waals surface area (Å²) < 4.78 is 5.68. The lowest BCUT2D eigenvalue weighted by Crippen LogP contribution is -2.55. The Hall–Kier alpha value is -3.73. The van der Waals surface area contributed by atoms with Gasteiger partial charge in [0.25, 0.3) is 0 Å². The molecule has 46 heavy (non-hydrogen) atoms. The minimum absolute atomic E-state index is 0.143. The van der Waals surface area contributed by atoms with Crippen molar-refractivity contribution in [2.24, 2.45) is 11.8 Å². The molecule has 0 aromatic heterocycles. The van der Waals surface area contributed by atoms with Crippen LogP contribution in [0.25, 0.3) is 0 Å². The van der Waals surface area contributed by atoms with Gasteiger partial charge in [0.05, 0.1) is 18.9 Å². The number of hydrogen-bond acceptors (Lipinski definition) is 7. The molecule has 0 fully saturated rings. The maximum Gasteiger partial charge on any atom is 0.337 e. The Morgan fingerprint density at radius 1 is 0.891 bits per heavy atom. The molecule has 1 amide bonds. The van der Waals surface area contributed by atoms with E-state index in [0.717, 1.165) is 57.4 Å². The second kappa shape index (κ2) is 21.9. The lowest BCUT2D eigenvalue weighted by Gasteiger charge is -2.29. The summed E-state index contributed by atoms with van der Waals surface area (Å²) in [6.07, 6.45) is 10.9. The first-order valence-corrected chi connectivity index (χ1v) is 16.4. The van der Waals surface area contributed by atoms with Crippen LogP contribution in [0.15, 0.2) is 36.4 Å². The first-order chi connectivity index (χ1) is 21.8. The second-order valence-corrected chi connectivity index (χ2v) is 12.3. The third-order valence-corrected chi connectivity index (χ3v) is 7.74. The summed E-state index contributed by atoms with van der Waals surface area (Å²) in [7, 11) is 0. The molecular formula is C35H53NO10. The molecule has 0 radical (unpaired) electrons. The van der Waals surface area contributed by atoms with Crippen molar-refractivity contribution in [3.8, 4) is 5.75 Å². The van der Waals surface area contributed by atoms with Gasteiger partial charge >= 0.3 is 17.9 Å². The number of amides is 1. The molecule has 0 heterocycles. The number of aliphatic hydroxyl groups is 1. The van der Waals surface area contributed by atoms with Crippen LogP contribution in [0.5, 0.6) is 5.75 Å². The van der Waals surface area contributed by atoms with Crippen LogP contribution in [-0.4, -0.2) is 68.3 Å². The van der Waals surface area contributed by atoms with Crippen LogP contribution < -0.4 is 10.1 Å². The van der Waals surface area contributed by atoms with Gasteiger partial charge in [-0.05, 0) is 55.7 Å². The average molecular weight is 648 g/mol. The summed E-state index contributed by atoms with van der Waals surface area (Å²) in [5.41, 5.74) is -2.45. The van der Waals surface area contributed by atoms with Gasteiger partial charge in [-0.1, -0.05) is 77.2 Å². The van der Waals surface area contributed by atoms with Crippen molar-refractivity contribution in [2.75, 3.05) is 6.61 Å². The first kappa shape index (κ1) is 40.3. The molecule has 0 saturated carbocycles. The number of hydrogen-bond donors (Lipinski definition) is 5. The van der Waals surface area contributed by atoms with E-state index in [1.165, 1.54) is 6.08 Å². The van der Waals surface area contributed by atoms with E-state index in [9.17, 15) is 44.4 Å². The lowest BCUT2D eigenvalue weighted by atomic mass is 9.82. The van der Waals surface area contributed by atoms with Crippen molar-refractivity contribution in [3.05, 3.63) is 42.0 Å². The maximum absolute atomic E-state index is 13.3.